The van der Waals surface area contributed by atoms with Crippen molar-refractivity contribution >= 4 is 26.7 Å². The molecule has 0 aliphatic carbocycles. The highest BCUT2D eigenvalue weighted by Crippen LogP contribution is 2.43. The number of aliphatic carboxylic acids is 1. The molecule has 0 fully saturated rings. The first kappa shape index (κ1) is 30.3. The number of imidazole rings is 1. The van der Waals surface area contributed by atoms with Gasteiger partial charge >= 0.3 is 5.97 Å². The van der Waals surface area contributed by atoms with Gasteiger partial charge in [0.15, 0.2) is 21.4 Å². The van der Waals surface area contributed by atoms with Gasteiger partial charge in [-0.2, -0.15) is 4.39 Å². The number of nitrogens with one attached hydrogen (secondary N) is 2. The summed E-state index contributed by atoms with van der Waals surface area (Å²) in [4.78, 5) is 20.6. The third-order valence-corrected chi connectivity index (χ3v) is 10.1. The van der Waals surface area contributed by atoms with Crippen LogP contribution in [-0.2, 0) is 21.1 Å². The van der Waals surface area contributed by atoms with Gasteiger partial charge < -0.3 is 24.5 Å². The Morgan fingerprint density at radius 1 is 1.16 bits per heavy atom. The van der Waals surface area contributed by atoms with E-state index in [1.165, 1.54) is 38.2 Å². The van der Waals surface area contributed by atoms with Crippen molar-refractivity contribution in [1.29, 1.82) is 0 Å². The Balaban J connectivity index is 1.36. The second kappa shape index (κ2) is 11.6. The number of ether oxygens (including phenoxy) is 2. The topological polar surface area (TPSA) is 134 Å². The van der Waals surface area contributed by atoms with Crippen molar-refractivity contribution in [2.24, 2.45) is 0 Å². The molecule has 0 saturated heterocycles. The maximum atomic E-state index is 15.4. The summed E-state index contributed by atoms with van der Waals surface area (Å²) in [6, 6.07) is 10.3. The molecule has 3 aromatic carbocycles. The molecule has 0 radical (unpaired) electrons. The van der Waals surface area contributed by atoms with E-state index in [0.29, 0.717) is 30.9 Å². The van der Waals surface area contributed by atoms with Crippen LogP contribution in [0.1, 0.15) is 49.4 Å². The number of hydrogen-bond acceptors (Lipinski definition) is 6. The fourth-order valence-corrected chi connectivity index (χ4v) is 6.89. The van der Waals surface area contributed by atoms with Gasteiger partial charge in [0, 0.05) is 41.4 Å². The number of para-hydroxylation sites is 1. The molecule has 234 valence electrons. The Labute approximate surface area is 256 Å². The van der Waals surface area contributed by atoms with E-state index >= 15 is 8.78 Å². The number of halogens is 3. The van der Waals surface area contributed by atoms with Crippen LogP contribution in [0.3, 0.4) is 0 Å². The van der Waals surface area contributed by atoms with Gasteiger partial charge in [-0.05, 0) is 56.5 Å². The summed E-state index contributed by atoms with van der Waals surface area (Å²) in [7, 11) is -4.16. The Bertz CT molecular complexity index is 2050. The van der Waals surface area contributed by atoms with Crippen molar-refractivity contribution in [2.45, 2.75) is 49.2 Å². The molecule has 3 N–H and O–H groups in total. The number of carboxylic acid groups (broad SMARTS) is 1. The predicted octanol–water partition coefficient (Wildman–Crippen LogP) is 6.88. The van der Waals surface area contributed by atoms with E-state index in [1.807, 2.05) is 18.2 Å². The molecule has 1 aliphatic heterocycles. The molecule has 1 unspecified atom stereocenters. The number of nitrogens with zero attached hydrogens (tertiary/aromatic N) is 1. The lowest BCUT2D eigenvalue weighted by Gasteiger charge is -2.27. The zero-order chi connectivity index (χ0) is 32.0. The highest BCUT2D eigenvalue weighted by molar-refractivity contribution is 7.92. The minimum absolute atomic E-state index is 0.0434. The predicted molar refractivity (Wildman–Crippen MR) is 159 cm³/mol. The fourth-order valence-electron chi connectivity index (χ4n) is 5.55. The standard InChI is InChI=1S/C32H28F3N3O6S/c1-16(2)45(41,42)31-21-10-12-36-28(21)26(34)27(35)30(31)44-18-7-8-23(33)22(14-18)32-37-15-24(38-32)19-11-13-43-29-17(6-9-25(39)40)4-3-5-20(19)29/h3-5,7-8,10,12,14-16,19,36H,6,9,11,13H2,1-2H3,(H,37,38)(H,39,40). The molecule has 5 aromatic rings. The van der Waals surface area contributed by atoms with E-state index in [4.69, 9.17) is 14.6 Å². The molecule has 1 atom stereocenters. The first-order valence-corrected chi connectivity index (χ1v) is 15.7. The van der Waals surface area contributed by atoms with Crippen molar-refractivity contribution < 1.29 is 41.0 Å². The van der Waals surface area contributed by atoms with Crippen LogP contribution < -0.4 is 9.47 Å². The third-order valence-electron chi connectivity index (χ3n) is 7.86. The summed E-state index contributed by atoms with van der Waals surface area (Å²) >= 11 is 0. The molecule has 3 heterocycles. The second-order valence-electron chi connectivity index (χ2n) is 11.0. The number of aromatic nitrogens is 3. The SMILES string of the molecule is CC(C)S(=O)(=O)c1c(Oc2ccc(F)c(-c3ncc(C4CCOc5c(CCC(=O)O)cccc54)[nH]3)c2)c(F)c(F)c2[nH]ccc12. The quantitative estimate of drug-likeness (QED) is 0.150. The van der Waals surface area contributed by atoms with E-state index in [0.717, 1.165) is 17.2 Å². The van der Waals surface area contributed by atoms with Gasteiger partial charge in [0.1, 0.15) is 28.0 Å². The van der Waals surface area contributed by atoms with E-state index < -0.39 is 49.2 Å². The number of rotatable bonds is 9. The summed E-state index contributed by atoms with van der Waals surface area (Å²) in [5, 5.41) is 8.07. The van der Waals surface area contributed by atoms with Crippen LogP contribution in [0.4, 0.5) is 13.2 Å². The van der Waals surface area contributed by atoms with Crippen LogP contribution in [-0.4, -0.2) is 46.3 Å². The normalized spacial score (nSPS) is 14.8. The number of carboxylic acids is 1. The van der Waals surface area contributed by atoms with Crippen LogP contribution in [0.5, 0.6) is 17.2 Å². The maximum Gasteiger partial charge on any atom is 0.303 e. The number of benzene rings is 3. The smallest absolute Gasteiger partial charge is 0.303 e. The molecular formula is C32H28F3N3O6S. The Morgan fingerprint density at radius 3 is 2.71 bits per heavy atom. The molecule has 0 spiro atoms. The van der Waals surface area contributed by atoms with E-state index in [-0.39, 0.29) is 40.4 Å². The fraction of sp³-hybridized carbons (Fsp3) is 0.250. The molecule has 1 aliphatic rings. The van der Waals surface area contributed by atoms with Crippen molar-refractivity contribution in [2.75, 3.05) is 6.61 Å². The molecule has 45 heavy (non-hydrogen) atoms. The average molecular weight is 640 g/mol. The van der Waals surface area contributed by atoms with Crippen LogP contribution in [0.15, 0.2) is 59.8 Å². The minimum atomic E-state index is -4.16. The number of fused-ring (bicyclic) bond motifs is 2. The van der Waals surface area contributed by atoms with Gasteiger partial charge in [-0.3, -0.25) is 4.79 Å². The summed E-state index contributed by atoms with van der Waals surface area (Å²) in [5.41, 5.74) is 1.92. The van der Waals surface area contributed by atoms with E-state index in [9.17, 15) is 17.6 Å². The number of H-pyrrole nitrogens is 2. The van der Waals surface area contributed by atoms with Crippen molar-refractivity contribution in [3.63, 3.8) is 0 Å². The molecule has 13 heteroatoms. The minimum Gasteiger partial charge on any atom is -0.493 e. The Kier molecular flexibility index (Phi) is 7.81. The lowest BCUT2D eigenvalue weighted by molar-refractivity contribution is -0.136. The first-order valence-electron chi connectivity index (χ1n) is 14.2. The number of carbonyl (C=O) groups is 1. The highest BCUT2D eigenvalue weighted by atomic mass is 32.2. The van der Waals surface area contributed by atoms with Crippen LogP contribution in [0.2, 0.25) is 0 Å². The molecule has 2 aromatic heterocycles. The molecular weight excluding hydrogens is 611 g/mol. The highest BCUT2D eigenvalue weighted by Gasteiger charge is 2.33. The Morgan fingerprint density at radius 2 is 1.96 bits per heavy atom. The van der Waals surface area contributed by atoms with Crippen LogP contribution in [0, 0.1) is 17.5 Å². The number of sulfone groups is 1. The zero-order valence-corrected chi connectivity index (χ0v) is 25.0. The maximum absolute atomic E-state index is 15.4. The van der Waals surface area contributed by atoms with Gasteiger partial charge in [-0.1, -0.05) is 18.2 Å². The van der Waals surface area contributed by atoms with Crippen molar-refractivity contribution in [3.05, 3.63) is 89.1 Å². The number of aryl methyl sites for hydroxylation is 1. The zero-order valence-electron chi connectivity index (χ0n) is 24.2. The van der Waals surface area contributed by atoms with Gasteiger partial charge in [0.2, 0.25) is 5.82 Å². The monoisotopic (exact) mass is 639 g/mol. The number of hydrogen-bond donors (Lipinski definition) is 3. The van der Waals surface area contributed by atoms with Gasteiger partial charge in [0.25, 0.3) is 0 Å². The van der Waals surface area contributed by atoms with Crippen molar-refractivity contribution in [1.82, 2.24) is 15.0 Å². The molecule has 0 bridgehead atoms. The average Bonchev–Trinajstić information content (AvgIpc) is 3.70. The van der Waals surface area contributed by atoms with E-state index in [1.54, 1.807) is 6.20 Å². The molecule has 0 amide bonds. The number of aromatic amines is 2. The van der Waals surface area contributed by atoms with Gasteiger partial charge in [0.05, 0.1) is 22.9 Å². The van der Waals surface area contributed by atoms with Crippen LogP contribution in [0.25, 0.3) is 22.3 Å². The largest absolute Gasteiger partial charge is 0.493 e. The summed E-state index contributed by atoms with van der Waals surface area (Å²) < 4.78 is 83.7. The van der Waals surface area contributed by atoms with E-state index in [2.05, 4.69) is 15.0 Å². The summed E-state index contributed by atoms with van der Waals surface area (Å²) in [6.45, 7) is 3.21. The second-order valence-corrected chi connectivity index (χ2v) is 13.4. The third kappa shape index (κ3) is 5.41. The van der Waals surface area contributed by atoms with Crippen LogP contribution >= 0.6 is 0 Å². The summed E-state index contributed by atoms with van der Waals surface area (Å²) in [6.07, 6.45) is 3.71. The molecule has 0 saturated carbocycles. The lowest BCUT2D eigenvalue weighted by Crippen LogP contribution is -2.17. The van der Waals surface area contributed by atoms with Gasteiger partial charge in [-0.15, -0.1) is 0 Å². The molecule has 6 rings (SSSR count). The summed E-state index contributed by atoms with van der Waals surface area (Å²) in [5.74, 6) is -4.84. The van der Waals surface area contributed by atoms with Crippen molar-refractivity contribution in [3.8, 4) is 28.6 Å². The van der Waals surface area contributed by atoms with Gasteiger partial charge in [-0.25, -0.2) is 22.2 Å². The first-order chi connectivity index (χ1) is 21.5. The Hall–Kier alpha value is -4.78. The molecule has 9 nitrogen and oxygen atoms in total. The lowest BCUT2D eigenvalue weighted by atomic mass is 9.88.